The Morgan fingerprint density at radius 1 is 1.26 bits per heavy atom. The number of hydrogen-bond acceptors (Lipinski definition) is 7. The molecule has 2 saturated heterocycles. The second-order valence-electron chi connectivity index (χ2n) is 8.00. The van der Waals surface area contributed by atoms with Crippen molar-refractivity contribution >= 4 is 53.1 Å². The number of fused-ring (bicyclic) bond motifs is 1. The second-order valence-corrected chi connectivity index (χ2v) is 9.71. The lowest BCUT2D eigenvalue weighted by Crippen LogP contribution is -2.44. The summed E-state index contributed by atoms with van der Waals surface area (Å²) in [6, 6.07) is 6.21. The number of halogens is 1. The standard InChI is InChI=1S/C21H23IN6O2S/c1-13-12-30-10-9-27(13)18-11-17(16-4-7-26(2)21(16)29)24-19(25-18)14-3-6-23-20-15(14)5-8-28(20)31-22/h3,5-6,8,11,13,16H,4,7,9-10,12H2,1-2H3. The van der Waals surface area contributed by atoms with Crippen molar-refractivity contribution in [3.05, 3.63) is 36.3 Å². The molecule has 2 aliphatic heterocycles. The highest BCUT2D eigenvalue weighted by molar-refractivity contribution is 14.2. The summed E-state index contributed by atoms with van der Waals surface area (Å²) in [4.78, 5) is 31.2. The largest absolute Gasteiger partial charge is 0.377 e. The van der Waals surface area contributed by atoms with Gasteiger partial charge >= 0.3 is 0 Å². The number of ether oxygens (including phenoxy) is 1. The molecule has 0 aromatic carbocycles. The van der Waals surface area contributed by atoms with E-state index in [0.29, 0.717) is 19.0 Å². The maximum absolute atomic E-state index is 12.8. The molecular formula is C21H23IN6O2S. The Morgan fingerprint density at radius 3 is 2.87 bits per heavy atom. The summed E-state index contributed by atoms with van der Waals surface area (Å²) in [5.41, 5.74) is 2.60. The van der Waals surface area contributed by atoms with Gasteiger partial charge in [0.2, 0.25) is 5.91 Å². The summed E-state index contributed by atoms with van der Waals surface area (Å²) in [7, 11) is 3.42. The van der Waals surface area contributed by atoms with Gasteiger partial charge < -0.3 is 14.5 Å². The molecule has 0 spiro atoms. The number of anilines is 1. The van der Waals surface area contributed by atoms with Gasteiger partial charge in [-0.15, -0.1) is 0 Å². The maximum atomic E-state index is 12.8. The molecule has 2 unspecified atom stereocenters. The van der Waals surface area contributed by atoms with Crippen molar-refractivity contribution < 1.29 is 9.53 Å². The Bertz CT molecular complexity index is 1140. The summed E-state index contributed by atoms with van der Waals surface area (Å²) in [5.74, 6) is 1.38. The Balaban J connectivity index is 1.66. The van der Waals surface area contributed by atoms with Crippen LogP contribution in [0.5, 0.6) is 0 Å². The Hall–Kier alpha value is -1.92. The average molecular weight is 550 g/mol. The number of carbonyl (C=O) groups excluding carboxylic acids is 1. The average Bonchev–Trinajstić information content (AvgIpc) is 3.36. The highest BCUT2D eigenvalue weighted by Crippen LogP contribution is 2.34. The van der Waals surface area contributed by atoms with Gasteiger partial charge in [-0.25, -0.2) is 15.0 Å². The van der Waals surface area contributed by atoms with Crippen molar-refractivity contribution in [2.45, 2.75) is 25.3 Å². The van der Waals surface area contributed by atoms with E-state index in [4.69, 9.17) is 14.7 Å². The van der Waals surface area contributed by atoms with Crippen molar-refractivity contribution in [3.8, 4) is 11.4 Å². The van der Waals surface area contributed by atoms with Crippen LogP contribution in [0.4, 0.5) is 5.82 Å². The first-order valence-electron chi connectivity index (χ1n) is 10.3. The summed E-state index contributed by atoms with van der Waals surface area (Å²) >= 11 is 2.24. The summed E-state index contributed by atoms with van der Waals surface area (Å²) in [6.45, 7) is 4.98. The molecule has 3 aromatic rings. The Kier molecular flexibility index (Phi) is 5.78. The van der Waals surface area contributed by atoms with Crippen LogP contribution in [-0.2, 0) is 9.53 Å². The molecular weight excluding hydrogens is 527 g/mol. The van der Waals surface area contributed by atoms with Crippen molar-refractivity contribution in [3.63, 3.8) is 0 Å². The Labute approximate surface area is 197 Å². The third kappa shape index (κ3) is 3.78. The molecule has 0 radical (unpaired) electrons. The molecule has 31 heavy (non-hydrogen) atoms. The number of morpholine rings is 1. The maximum Gasteiger partial charge on any atom is 0.231 e. The number of nitrogens with zero attached hydrogens (tertiary/aromatic N) is 6. The van der Waals surface area contributed by atoms with E-state index in [0.717, 1.165) is 47.6 Å². The molecule has 0 aliphatic carbocycles. The van der Waals surface area contributed by atoms with Gasteiger partial charge in [0, 0.05) is 79.9 Å². The predicted octanol–water partition coefficient (Wildman–Crippen LogP) is 3.51. The van der Waals surface area contributed by atoms with Crippen LogP contribution in [0.25, 0.3) is 22.4 Å². The molecule has 8 nitrogen and oxygen atoms in total. The van der Waals surface area contributed by atoms with Gasteiger partial charge in [0.25, 0.3) is 0 Å². The van der Waals surface area contributed by atoms with E-state index in [1.54, 1.807) is 20.2 Å². The van der Waals surface area contributed by atoms with Gasteiger partial charge in [0.1, 0.15) is 5.82 Å². The van der Waals surface area contributed by atoms with E-state index in [9.17, 15) is 4.79 Å². The number of aromatic nitrogens is 4. The third-order valence-electron chi connectivity index (χ3n) is 6.05. The summed E-state index contributed by atoms with van der Waals surface area (Å²) < 4.78 is 7.64. The summed E-state index contributed by atoms with van der Waals surface area (Å²) in [5, 5.41) is 1.000. The number of likely N-dealkylation sites (tertiary alicyclic amines) is 1. The Morgan fingerprint density at radius 2 is 2.13 bits per heavy atom. The molecule has 0 bridgehead atoms. The van der Waals surface area contributed by atoms with Crippen molar-refractivity contribution in [2.75, 3.05) is 38.3 Å². The van der Waals surface area contributed by atoms with E-state index in [1.807, 2.05) is 35.4 Å². The van der Waals surface area contributed by atoms with Crippen LogP contribution in [0.15, 0.2) is 30.6 Å². The number of hydrogen-bond donors (Lipinski definition) is 0. The van der Waals surface area contributed by atoms with Crippen LogP contribution in [0.2, 0.25) is 0 Å². The number of amides is 1. The van der Waals surface area contributed by atoms with Gasteiger partial charge in [-0.2, -0.15) is 0 Å². The zero-order valence-electron chi connectivity index (χ0n) is 17.4. The molecule has 1 amide bonds. The van der Waals surface area contributed by atoms with E-state index in [2.05, 4.69) is 38.0 Å². The minimum absolute atomic E-state index is 0.123. The quantitative estimate of drug-likeness (QED) is 0.461. The lowest BCUT2D eigenvalue weighted by molar-refractivity contribution is -0.127. The van der Waals surface area contributed by atoms with Crippen LogP contribution in [0.3, 0.4) is 0 Å². The minimum atomic E-state index is -0.228. The zero-order chi connectivity index (χ0) is 21.5. The smallest absolute Gasteiger partial charge is 0.231 e. The first-order valence-corrected chi connectivity index (χ1v) is 13.6. The molecule has 0 saturated carbocycles. The number of carbonyl (C=O) groups is 1. The fraction of sp³-hybridized carbons (Fsp3) is 0.429. The van der Waals surface area contributed by atoms with Crippen LogP contribution >= 0.6 is 30.3 Å². The van der Waals surface area contributed by atoms with Crippen molar-refractivity contribution in [1.82, 2.24) is 23.8 Å². The van der Waals surface area contributed by atoms with Gasteiger partial charge in [-0.3, -0.25) is 8.77 Å². The molecule has 0 N–H and O–H groups in total. The van der Waals surface area contributed by atoms with Crippen LogP contribution in [-0.4, -0.2) is 69.1 Å². The zero-order valence-corrected chi connectivity index (χ0v) is 20.3. The van der Waals surface area contributed by atoms with Gasteiger partial charge in [-0.1, -0.05) is 0 Å². The molecule has 2 aliphatic rings. The molecule has 5 heterocycles. The van der Waals surface area contributed by atoms with E-state index in [1.165, 1.54) is 0 Å². The number of pyridine rings is 1. The SMILES string of the molecule is CC1COCCN1c1cc(C2CCN(C)C2=O)nc(-c2ccnc3c2ccn3SI)n1. The third-order valence-corrected chi connectivity index (χ3v) is 7.77. The molecule has 3 aromatic heterocycles. The molecule has 2 atom stereocenters. The van der Waals surface area contributed by atoms with Crippen LogP contribution in [0.1, 0.15) is 25.0 Å². The van der Waals surface area contributed by atoms with Crippen molar-refractivity contribution in [1.29, 1.82) is 0 Å². The van der Waals surface area contributed by atoms with E-state index < -0.39 is 0 Å². The minimum Gasteiger partial charge on any atom is -0.377 e. The molecule has 5 rings (SSSR count). The summed E-state index contributed by atoms with van der Waals surface area (Å²) in [6.07, 6.45) is 4.57. The van der Waals surface area contributed by atoms with E-state index in [-0.39, 0.29) is 17.9 Å². The highest BCUT2D eigenvalue weighted by atomic mass is 127. The lowest BCUT2D eigenvalue weighted by Gasteiger charge is -2.34. The molecule has 162 valence electrons. The predicted molar refractivity (Wildman–Crippen MR) is 130 cm³/mol. The second kappa shape index (κ2) is 8.55. The number of rotatable bonds is 4. The molecule has 10 heteroatoms. The highest BCUT2D eigenvalue weighted by Gasteiger charge is 2.33. The monoisotopic (exact) mass is 550 g/mol. The van der Waals surface area contributed by atoms with Gasteiger partial charge in [0.05, 0.1) is 30.9 Å². The normalized spacial score (nSPS) is 22.0. The van der Waals surface area contributed by atoms with Crippen LogP contribution < -0.4 is 4.90 Å². The topological polar surface area (TPSA) is 76.4 Å². The van der Waals surface area contributed by atoms with Crippen LogP contribution in [0, 0.1) is 0 Å². The number of likely N-dealkylation sites (N-methyl/N-ethyl adjacent to an activating group) is 1. The van der Waals surface area contributed by atoms with Gasteiger partial charge in [0.15, 0.2) is 11.5 Å². The fourth-order valence-corrected chi connectivity index (χ4v) is 5.60. The van der Waals surface area contributed by atoms with E-state index >= 15 is 0 Å². The van der Waals surface area contributed by atoms with Gasteiger partial charge in [-0.05, 0) is 25.5 Å². The first kappa shape index (κ1) is 21.0. The first-order chi connectivity index (χ1) is 15.1. The fourth-order valence-electron chi connectivity index (χ4n) is 4.33. The van der Waals surface area contributed by atoms with Crippen molar-refractivity contribution in [2.24, 2.45) is 0 Å². The molecule has 2 fully saturated rings. The lowest BCUT2D eigenvalue weighted by atomic mass is 10.0.